The first-order chi connectivity index (χ1) is 70.7. The number of anilines is 5. The number of ether oxygens (including phenoxy) is 1. The second-order valence-electron chi connectivity index (χ2n) is 38.5. The van der Waals surface area contributed by atoms with Gasteiger partial charge in [0.25, 0.3) is 0 Å². The van der Waals surface area contributed by atoms with Gasteiger partial charge in [0.15, 0.2) is 0 Å². The van der Waals surface area contributed by atoms with Gasteiger partial charge in [0, 0.05) is 158 Å². The van der Waals surface area contributed by atoms with Crippen molar-refractivity contribution in [3.8, 4) is 5.75 Å². The van der Waals surface area contributed by atoms with Crippen molar-refractivity contribution in [2.24, 2.45) is 0 Å². The van der Waals surface area contributed by atoms with E-state index in [1.54, 1.807) is 37.7 Å². The summed E-state index contributed by atoms with van der Waals surface area (Å²) < 4.78 is 158. The molecule has 782 valence electrons. The summed E-state index contributed by atoms with van der Waals surface area (Å²) in [4.78, 5) is 61.0. The molecule has 21 nitrogen and oxygen atoms in total. The fourth-order valence-corrected chi connectivity index (χ4v) is 24.4. The normalized spacial score (nSPS) is 16.2. The average Bonchev–Trinajstić information content (AvgIpc) is 1.83. The number of halogens is 13. The van der Waals surface area contributed by atoms with Gasteiger partial charge in [0.05, 0.1) is 59.7 Å². The van der Waals surface area contributed by atoms with Crippen LogP contribution < -0.4 is 31.3 Å². The van der Waals surface area contributed by atoms with Gasteiger partial charge in [0.1, 0.15) is 90.6 Å². The van der Waals surface area contributed by atoms with Gasteiger partial charge in [-0.2, -0.15) is 52.7 Å². The number of fused-ring (bicyclic) bond motifs is 5. The summed E-state index contributed by atoms with van der Waals surface area (Å²) in [5.41, 5.74) is 10.2. The van der Waals surface area contributed by atoms with Crippen LogP contribution in [0.15, 0.2) is 183 Å². The zero-order valence-electron chi connectivity index (χ0n) is 82.8. The number of aromatic nitrogens is 10. The molecule has 5 aliphatic heterocycles. The first kappa shape index (κ1) is 109. The highest BCUT2D eigenvalue weighted by Crippen LogP contribution is 2.41. The molecule has 147 heavy (non-hydrogen) atoms. The van der Waals surface area contributed by atoms with E-state index in [0.29, 0.717) is 70.2 Å². The van der Waals surface area contributed by atoms with Crippen LogP contribution in [0.1, 0.15) is 166 Å². The minimum absolute atomic E-state index is 0.221. The van der Waals surface area contributed by atoms with Crippen LogP contribution in [0.5, 0.6) is 5.75 Å². The van der Waals surface area contributed by atoms with Gasteiger partial charge in [0.2, 0.25) is 0 Å². The number of nitrogens with one attached hydrogen (secondary N) is 5. The monoisotopic (exact) mass is 2140 g/mol. The lowest BCUT2D eigenvalue weighted by Gasteiger charge is -2.32. The number of unbranched alkanes of at least 4 members (excludes halogenated alkanes) is 2. The van der Waals surface area contributed by atoms with E-state index in [1.807, 2.05) is 36.5 Å². The van der Waals surface area contributed by atoms with E-state index in [9.17, 15) is 52.7 Å². The number of benzene rings is 5. The van der Waals surface area contributed by atoms with Crippen LogP contribution in [-0.4, -0.2) is 202 Å². The SMILES string of the molecule is CCCCCc1cc2c(NC3CCN(Cc4ccccc4)CC3)ncnc2s1.CCc1ccc(CN2CCC(Nc3ncnc4sc(CC(F)(F)F)cc34)CC2)cc1.COc1ccc(CN2CCC(Nc3ncnc4sc(CC(F)(F)F)cc34)CC2)cc1.Cc1ccc(CN2CCC(Nc3ncnc4sc(CC(F)(F)F)cc34)CC2)c(Cl)c1.Cc1ccc(CN2CCC(Nc3ncnc4sc(CC(F)(F)F)cc34)CC2)cc1. The first-order valence-corrected chi connectivity index (χ1v) is 54.6. The van der Waals surface area contributed by atoms with E-state index >= 15 is 0 Å². The Labute approximate surface area is 873 Å². The predicted molar refractivity (Wildman–Crippen MR) is 572 cm³/mol. The number of methoxy groups -OCH3 is 1. The Kier molecular flexibility index (Phi) is 38.0. The number of thiophene rings is 5. The predicted octanol–water partition coefficient (Wildman–Crippen LogP) is 26.8. The number of hydrogen-bond acceptors (Lipinski definition) is 26. The van der Waals surface area contributed by atoms with Gasteiger partial charge in [-0.15, -0.1) is 56.7 Å². The molecule has 15 heterocycles. The topological polar surface area (TPSA) is 214 Å². The highest BCUT2D eigenvalue weighted by molar-refractivity contribution is 7.20. The largest absolute Gasteiger partial charge is 0.497 e. The molecule has 0 bridgehead atoms. The Hall–Kier alpha value is -10.7. The highest BCUT2D eigenvalue weighted by Gasteiger charge is 2.35. The molecule has 0 saturated carbocycles. The Morgan fingerprint density at radius 1 is 0.320 bits per heavy atom. The van der Waals surface area contributed by atoms with Crippen molar-refractivity contribution < 1.29 is 57.4 Å². The summed E-state index contributed by atoms with van der Waals surface area (Å²) in [5.74, 6) is 4.38. The van der Waals surface area contributed by atoms with Crippen LogP contribution in [0.25, 0.3) is 51.1 Å². The Balaban J connectivity index is 0.000000131. The molecular formula is C108H123ClF12N20OS5. The standard InChI is InChI=1S/C23H30N4S.C22H25F3N4S.C21H22ClF3N4S.C21H23F3N4OS.C21H23F3N4S/c1-2-3-5-10-20-15-21-22(24-17-25-23(21)28-20)26-19-11-13-27(14-12-19)16-18-8-6-4-7-9-18;1-2-15-3-5-16(6-4-15)13-29-9-7-17(8-10-29)28-20-19-11-18(12-22(23,24)25)30-21(19)27-14-26-20;1-13-2-3-14(18(22)8-13)11-29-6-4-15(5-7-29)28-19-17-9-16(10-21(23,24)25)30-20(17)27-12-26-19;1-29-16-4-2-14(3-5-16)12-28-8-6-15(7-9-28)27-19-18-10-17(11-21(22,23)24)30-20(18)26-13-25-19;1-14-2-4-15(5-3-14)12-28-8-6-16(7-9-28)27-19-18-10-17(11-21(22,23)24)29-20(18)26-13-25-19/h4,6-9,15,17,19H,2-3,5,10-14,16H2,1H3,(H,24,25,26);3-6,11,14,17H,2,7-10,12-13H2,1H3,(H,26,27,28);2-3,8-9,12,15H,4-7,10-11H2,1H3,(H,26,27,28);2-5,10,13,15H,6-9,11-12H2,1H3,(H,25,26,27);2-5,10,13,16H,6-9,11-12H2,1H3,(H,25,26,27). The molecule has 15 aromatic rings. The van der Waals surface area contributed by atoms with Crippen LogP contribution in [0.2, 0.25) is 5.02 Å². The molecular weight excluding hydrogens is 2020 g/mol. The molecule has 20 rings (SSSR count). The molecule has 10 aromatic heterocycles. The molecule has 5 N–H and O–H groups in total. The fourth-order valence-electron chi connectivity index (χ4n) is 19.0. The minimum Gasteiger partial charge on any atom is -0.497 e. The van der Waals surface area contributed by atoms with Crippen LogP contribution >= 0.6 is 68.3 Å². The van der Waals surface area contributed by atoms with E-state index < -0.39 is 50.4 Å². The third-order valence-electron chi connectivity index (χ3n) is 26.9. The molecule has 5 aliphatic rings. The second-order valence-corrected chi connectivity index (χ2v) is 44.4. The van der Waals surface area contributed by atoms with Crippen molar-refractivity contribution in [3.63, 3.8) is 0 Å². The lowest BCUT2D eigenvalue weighted by molar-refractivity contribution is -0.127. The summed E-state index contributed by atoms with van der Waals surface area (Å²) >= 11 is 12.5. The first-order valence-electron chi connectivity index (χ1n) is 50.2. The zero-order valence-corrected chi connectivity index (χ0v) is 87.7. The summed E-state index contributed by atoms with van der Waals surface area (Å²) in [6, 6.07) is 52.5. The molecule has 0 aliphatic carbocycles. The zero-order chi connectivity index (χ0) is 103. The smallest absolute Gasteiger partial charge is 0.393 e. The summed E-state index contributed by atoms with van der Waals surface area (Å²) in [6.45, 7) is 23.1. The van der Waals surface area contributed by atoms with Crippen molar-refractivity contribution in [2.75, 3.05) is 99.1 Å². The van der Waals surface area contributed by atoms with Gasteiger partial charge in [-0.3, -0.25) is 24.5 Å². The molecule has 0 unspecified atom stereocenters. The van der Waals surface area contributed by atoms with Gasteiger partial charge in [-0.1, -0.05) is 147 Å². The number of aryl methyl sites for hydroxylation is 4. The third kappa shape index (κ3) is 33.2. The fraction of sp³-hybridized carbons (Fsp3) is 0.444. The summed E-state index contributed by atoms with van der Waals surface area (Å²) in [7, 11) is 1.66. The second kappa shape index (κ2) is 51.2. The molecule has 0 amide bonds. The number of alkyl halides is 12. The Bertz CT molecular complexity index is 6510. The van der Waals surface area contributed by atoms with Crippen LogP contribution in [0.3, 0.4) is 0 Å². The average molecular weight is 2140 g/mol. The van der Waals surface area contributed by atoms with E-state index in [0.717, 1.165) is 253 Å². The van der Waals surface area contributed by atoms with Crippen LogP contribution in [0.4, 0.5) is 81.8 Å². The number of rotatable bonds is 30. The number of piperidine rings is 5. The van der Waals surface area contributed by atoms with Gasteiger partial charge >= 0.3 is 24.7 Å². The van der Waals surface area contributed by atoms with Crippen molar-refractivity contribution in [1.29, 1.82) is 0 Å². The summed E-state index contributed by atoms with van der Waals surface area (Å²) in [5, 5.41) is 22.1. The number of likely N-dealkylation sites (tertiary alicyclic amines) is 5. The van der Waals surface area contributed by atoms with Gasteiger partial charge in [-0.05, 0) is 185 Å². The van der Waals surface area contributed by atoms with Crippen molar-refractivity contribution in [1.82, 2.24) is 74.3 Å². The maximum Gasteiger partial charge on any atom is 0.393 e. The van der Waals surface area contributed by atoms with Crippen molar-refractivity contribution in [2.45, 2.75) is 237 Å². The maximum atomic E-state index is 12.7. The summed E-state index contributed by atoms with van der Waals surface area (Å²) in [6.07, 6.45) is 2.75. The Morgan fingerprint density at radius 3 is 0.884 bits per heavy atom. The lowest BCUT2D eigenvalue weighted by atomic mass is 10.0. The molecule has 0 spiro atoms. The third-order valence-corrected chi connectivity index (χ3v) is 32.5. The lowest BCUT2D eigenvalue weighted by Crippen LogP contribution is -2.38. The van der Waals surface area contributed by atoms with Crippen LogP contribution in [0, 0.1) is 13.8 Å². The quantitative estimate of drug-likeness (QED) is 0.0209. The number of hydrogen-bond donors (Lipinski definition) is 5. The van der Waals surface area contributed by atoms with Crippen molar-refractivity contribution >= 4 is 148 Å². The Morgan fingerprint density at radius 2 is 0.592 bits per heavy atom. The minimum atomic E-state index is -4.23. The van der Waals surface area contributed by atoms with Gasteiger partial charge < -0.3 is 31.3 Å². The molecule has 5 saturated heterocycles. The molecule has 0 atom stereocenters. The molecule has 39 heteroatoms. The maximum absolute atomic E-state index is 12.7. The van der Waals surface area contributed by atoms with Crippen molar-refractivity contribution in [3.05, 3.63) is 257 Å². The molecule has 5 fully saturated rings. The van der Waals surface area contributed by atoms with E-state index in [2.05, 4.69) is 231 Å². The van der Waals surface area contributed by atoms with E-state index in [4.69, 9.17) is 16.3 Å². The van der Waals surface area contributed by atoms with Gasteiger partial charge in [-0.25, -0.2) is 49.8 Å². The number of nitrogens with zero attached hydrogens (tertiary/aromatic N) is 15. The van der Waals surface area contributed by atoms with E-state index in [1.165, 1.54) is 88.2 Å². The molecule has 5 aromatic carbocycles. The molecule has 0 radical (unpaired) electrons. The van der Waals surface area contributed by atoms with E-state index in [-0.39, 0.29) is 43.7 Å². The highest BCUT2D eigenvalue weighted by atomic mass is 35.5. The van der Waals surface area contributed by atoms with Crippen LogP contribution in [-0.2, 0) is 71.2 Å².